The van der Waals surface area contributed by atoms with Crippen molar-refractivity contribution < 1.29 is 19.1 Å². The van der Waals surface area contributed by atoms with Crippen molar-refractivity contribution in [2.24, 2.45) is 0 Å². The summed E-state index contributed by atoms with van der Waals surface area (Å²) in [5.74, 6) is -0.771. The molecule has 0 radical (unpaired) electrons. The number of benzene rings is 1. The van der Waals surface area contributed by atoms with Crippen LogP contribution in [0.4, 0.5) is 4.79 Å². The first-order valence-electron chi connectivity index (χ1n) is 7.04. The Morgan fingerprint density at radius 2 is 1.82 bits per heavy atom. The zero-order valence-corrected chi connectivity index (χ0v) is 13.3. The van der Waals surface area contributed by atoms with Gasteiger partial charge in [-0.2, -0.15) is 0 Å². The van der Waals surface area contributed by atoms with Crippen LogP contribution < -0.4 is 5.32 Å². The maximum absolute atomic E-state index is 11.9. The van der Waals surface area contributed by atoms with Gasteiger partial charge in [0.15, 0.2) is 0 Å². The third-order valence-corrected chi connectivity index (χ3v) is 2.58. The molecule has 120 valence electrons. The second-order valence-corrected chi connectivity index (χ2v) is 5.62. The first kappa shape index (κ1) is 17.7. The van der Waals surface area contributed by atoms with E-state index in [-0.39, 0.29) is 12.3 Å². The van der Waals surface area contributed by atoms with Gasteiger partial charge in [-0.05, 0) is 33.3 Å². The molecule has 0 saturated heterocycles. The quantitative estimate of drug-likeness (QED) is 0.646. The molecule has 0 fully saturated rings. The smallest absolute Gasteiger partial charge is 0.408 e. The minimum atomic E-state index is -0.921. The van der Waals surface area contributed by atoms with Crippen molar-refractivity contribution in [3.05, 3.63) is 35.9 Å². The van der Waals surface area contributed by atoms with Crippen LogP contribution in [0.1, 0.15) is 39.3 Å². The van der Waals surface area contributed by atoms with E-state index in [0.717, 1.165) is 0 Å². The summed E-state index contributed by atoms with van der Waals surface area (Å²) in [4.78, 5) is 23.7. The molecule has 6 nitrogen and oxygen atoms in total. The molecule has 2 N–H and O–H groups in total. The highest BCUT2D eigenvalue weighted by Gasteiger charge is 2.27. The number of esters is 1. The largest absolute Gasteiger partial charge is 0.461 e. The second kappa shape index (κ2) is 7.59. The summed E-state index contributed by atoms with van der Waals surface area (Å²) in [5, 5.41) is 10.5. The molecule has 0 spiro atoms. The Balaban J connectivity index is 2.95. The molecular weight excluding hydrogens is 284 g/mol. The molecule has 0 heterocycles. The van der Waals surface area contributed by atoms with Crippen molar-refractivity contribution in [2.75, 3.05) is 6.61 Å². The van der Waals surface area contributed by atoms with Gasteiger partial charge in [0.1, 0.15) is 17.4 Å². The monoisotopic (exact) mass is 306 g/mol. The number of rotatable bonds is 5. The van der Waals surface area contributed by atoms with Crippen molar-refractivity contribution in [3.8, 4) is 0 Å². The Bertz CT molecular complexity index is 535. The van der Waals surface area contributed by atoms with Gasteiger partial charge in [0.05, 0.1) is 6.61 Å². The summed E-state index contributed by atoms with van der Waals surface area (Å²) in [7, 11) is 0. The van der Waals surface area contributed by atoms with Crippen LogP contribution in [0.2, 0.25) is 0 Å². The molecule has 0 saturated carbocycles. The van der Waals surface area contributed by atoms with Crippen molar-refractivity contribution in [1.82, 2.24) is 5.32 Å². The van der Waals surface area contributed by atoms with E-state index in [9.17, 15) is 9.59 Å². The van der Waals surface area contributed by atoms with E-state index in [1.807, 2.05) is 6.07 Å². The van der Waals surface area contributed by atoms with Gasteiger partial charge in [-0.15, -0.1) is 0 Å². The lowest BCUT2D eigenvalue weighted by molar-refractivity contribution is -0.135. The lowest BCUT2D eigenvalue weighted by Crippen LogP contribution is -2.40. The molecule has 1 aromatic carbocycles. The standard InChI is InChI=1S/C16H22N2O4/c1-5-21-14(19)12(17)13(11-9-7-6-8-10-11)18-15(20)22-16(2,3)4/h6-10,13,17H,5H2,1-4H3,(H,18,20). The summed E-state index contributed by atoms with van der Waals surface area (Å²) in [6.45, 7) is 7.03. The van der Waals surface area contributed by atoms with E-state index in [1.54, 1.807) is 52.0 Å². The first-order chi connectivity index (χ1) is 10.2. The van der Waals surface area contributed by atoms with Crippen LogP contribution >= 0.6 is 0 Å². The number of nitrogens with one attached hydrogen (secondary N) is 2. The van der Waals surface area contributed by atoms with Crippen LogP contribution in [0.5, 0.6) is 0 Å². The number of ether oxygens (including phenoxy) is 2. The average molecular weight is 306 g/mol. The maximum atomic E-state index is 11.9. The molecule has 1 amide bonds. The van der Waals surface area contributed by atoms with Crippen LogP contribution in [-0.2, 0) is 14.3 Å². The lowest BCUT2D eigenvalue weighted by atomic mass is 10.0. The molecule has 0 bridgehead atoms. The summed E-state index contributed by atoms with van der Waals surface area (Å²) >= 11 is 0. The Kier molecular flexibility index (Phi) is 6.10. The van der Waals surface area contributed by atoms with Crippen molar-refractivity contribution in [3.63, 3.8) is 0 Å². The molecular formula is C16H22N2O4. The van der Waals surface area contributed by atoms with Crippen LogP contribution in [0.3, 0.4) is 0 Å². The van der Waals surface area contributed by atoms with E-state index >= 15 is 0 Å². The fourth-order valence-electron chi connectivity index (χ4n) is 1.72. The van der Waals surface area contributed by atoms with Crippen molar-refractivity contribution in [2.45, 2.75) is 39.3 Å². The van der Waals surface area contributed by atoms with E-state index in [0.29, 0.717) is 5.56 Å². The molecule has 0 aromatic heterocycles. The average Bonchev–Trinajstić information content (AvgIpc) is 2.43. The molecule has 1 aromatic rings. The summed E-state index contributed by atoms with van der Waals surface area (Å²) in [6, 6.07) is 7.85. The number of alkyl carbamates (subject to hydrolysis) is 1. The predicted molar refractivity (Wildman–Crippen MR) is 82.9 cm³/mol. The van der Waals surface area contributed by atoms with Gasteiger partial charge >= 0.3 is 12.1 Å². The Morgan fingerprint density at radius 1 is 1.23 bits per heavy atom. The van der Waals surface area contributed by atoms with Gasteiger partial charge in [-0.25, -0.2) is 9.59 Å². The summed E-state index contributed by atoms with van der Waals surface area (Å²) in [6.07, 6.45) is -0.699. The molecule has 0 aliphatic rings. The van der Waals surface area contributed by atoms with Gasteiger partial charge in [-0.1, -0.05) is 30.3 Å². The highest BCUT2D eigenvalue weighted by Crippen LogP contribution is 2.16. The third-order valence-electron chi connectivity index (χ3n) is 2.58. The first-order valence-corrected chi connectivity index (χ1v) is 7.04. The van der Waals surface area contributed by atoms with Crippen LogP contribution in [0.15, 0.2) is 30.3 Å². The van der Waals surface area contributed by atoms with Gasteiger partial charge in [-0.3, -0.25) is 5.41 Å². The van der Waals surface area contributed by atoms with Gasteiger partial charge < -0.3 is 14.8 Å². The Labute approximate surface area is 130 Å². The van der Waals surface area contributed by atoms with Gasteiger partial charge in [0, 0.05) is 0 Å². The lowest BCUT2D eigenvalue weighted by Gasteiger charge is -2.23. The Hall–Kier alpha value is -2.37. The van der Waals surface area contributed by atoms with Crippen LogP contribution in [0.25, 0.3) is 0 Å². The molecule has 1 rings (SSSR count). The van der Waals surface area contributed by atoms with E-state index in [2.05, 4.69) is 5.32 Å². The zero-order valence-electron chi connectivity index (χ0n) is 13.3. The fraction of sp³-hybridized carbons (Fsp3) is 0.438. The molecule has 0 aliphatic heterocycles. The molecule has 0 aliphatic carbocycles. The number of carbonyl (C=O) groups excluding carboxylic acids is 2. The predicted octanol–water partition coefficient (Wildman–Crippen LogP) is 2.84. The van der Waals surface area contributed by atoms with Crippen LogP contribution in [-0.4, -0.2) is 30.0 Å². The Morgan fingerprint density at radius 3 is 2.32 bits per heavy atom. The van der Waals surface area contributed by atoms with E-state index < -0.39 is 23.7 Å². The van der Waals surface area contributed by atoms with Crippen molar-refractivity contribution in [1.29, 1.82) is 5.41 Å². The second-order valence-electron chi connectivity index (χ2n) is 5.62. The molecule has 1 unspecified atom stereocenters. The minimum absolute atomic E-state index is 0.162. The van der Waals surface area contributed by atoms with E-state index in [1.165, 1.54) is 0 Å². The maximum Gasteiger partial charge on any atom is 0.408 e. The number of carbonyl (C=O) groups is 2. The fourth-order valence-corrected chi connectivity index (χ4v) is 1.72. The normalized spacial score (nSPS) is 12.2. The third kappa shape index (κ3) is 5.55. The summed E-state index contributed by atoms with van der Waals surface area (Å²) < 4.78 is 10.0. The van der Waals surface area contributed by atoms with Crippen molar-refractivity contribution >= 4 is 17.8 Å². The minimum Gasteiger partial charge on any atom is -0.461 e. The SMILES string of the molecule is CCOC(=O)C(=N)C(NC(=O)OC(C)(C)C)c1ccccc1. The molecule has 1 atom stereocenters. The number of amides is 1. The zero-order chi connectivity index (χ0) is 16.8. The van der Waals surface area contributed by atoms with Gasteiger partial charge in [0.25, 0.3) is 0 Å². The van der Waals surface area contributed by atoms with E-state index in [4.69, 9.17) is 14.9 Å². The highest BCUT2D eigenvalue weighted by molar-refractivity contribution is 6.37. The highest BCUT2D eigenvalue weighted by atomic mass is 16.6. The number of hydrogen-bond acceptors (Lipinski definition) is 5. The number of hydrogen-bond donors (Lipinski definition) is 2. The molecule has 6 heteroatoms. The molecule has 22 heavy (non-hydrogen) atoms. The van der Waals surface area contributed by atoms with Gasteiger partial charge in [0.2, 0.25) is 0 Å². The topological polar surface area (TPSA) is 88.5 Å². The van der Waals surface area contributed by atoms with Crippen LogP contribution in [0, 0.1) is 5.41 Å². The summed E-state index contributed by atoms with van der Waals surface area (Å²) in [5.41, 5.74) is -0.414.